The van der Waals surface area contributed by atoms with Crippen LogP contribution in [0.25, 0.3) is 11.0 Å². The van der Waals surface area contributed by atoms with Gasteiger partial charge in [-0.15, -0.1) is 0 Å². The van der Waals surface area contributed by atoms with Crippen molar-refractivity contribution in [3.05, 3.63) is 68.5 Å². The molecule has 0 bridgehead atoms. The van der Waals surface area contributed by atoms with Crippen LogP contribution < -0.4 is 16.0 Å². The predicted molar refractivity (Wildman–Crippen MR) is 127 cm³/mol. The molecule has 3 aromatic rings. The molecule has 1 fully saturated rings. The summed E-state index contributed by atoms with van der Waals surface area (Å²) in [5, 5.41) is 0.267. The first-order valence-electron chi connectivity index (χ1n) is 11.5. The highest BCUT2D eigenvalue weighted by atomic mass is 16.5. The maximum atomic E-state index is 13.1. The number of H-pyrrole nitrogens is 1. The molecule has 0 unspecified atom stereocenters. The molecule has 1 saturated heterocycles. The highest BCUT2D eigenvalue weighted by Gasteiger charge is 2.24. The Bertz CT molecular complexity index is 1240. The van der Waals surface area contributed by atoms with Gasteiger partial charge in [0.2, 0.25) is 0 Å². The summed E-state index contributed by atoms with van der Waals surface area (Å²) in [6, 6.07) is 9.74. The van der Waals surface area contributed by atoms with E-state index in [-0.39, 0.29) is 11.3 Å². The summed E-state index contributed by atoms with van der Waals surface area (Å²) in [5.74, 6) is 1.33. The maximum absolute atomic E-state index is 13.1. The summed E-state index contributed by atoms with van der Waals surface area (Å²) in [4.78, 5) is 46.0. The molecular weight excluding hydrogens is 420 g/mol. The van der Waals surface area contributed by atoms with Crippen molar-refractivity contribution in [2.45, 2.75) is 45.6 Å². The predicted octanol–water partition coefficient (Wildman–Crippen LogP) is 2.99. The van der Waals surface area contributed by atoms with Crippen LogP contribution in [0, 0.1) is 5.92 Å². The van der Waals surface area contributed by atoms with E-state index in [9.17, 15) is 14.4 Å². The number of carbonyl (C=O) groups is 1. The Balaban J connectivity index is 1.40. The first-order valence-corrected chi connectivity index (χ1v) is 11.5. The lowest BCUT2D eigenvalue weighted by atomic mass is 9.90. The number of amides is 1. The second-order valence-corrected chi connectivity index (χ2v) is 8.63. The lowest BCUT2D eigenvalue weighted by Gasteiger charge is -2.32. The number of piperidine rings is 1. The molecule has 0 aliphatic carbocycles. The Morgan fingerprint density at radius 2 is 1.91 bits per heavy atom. The van der Waals surface area contributed by atoms with Gasteiger partial charge >= 0.3 is 5.69 Å². The van der Waals surface area contributed by atoms with Crippen LogP contribution in [0.3, 0.4) is 0 Å². The lowest BCUT2D eigenvalue weighted by Crippen LogP contribution is -2.38. The van der Waals surface area contributed by atoms with Crippen molar-refractivity contribution in [2.75, 3.05) is 20.2 Å². The number of carbonyl (C=O) groups excluding carboxylic acids is 1. The zero-order valence-electron chi connectivity index (χ0n) is 19.2. The van der Waals surface area contributed by atoms with Crippen LogP contribution in [0.4, 0.5) is 0 Å². The number of aromatic nitrogens is 3. The van der Waals surface area contributed by atoms with Gasteiger partial charge in [0.15, 0.2) is 0 Å². The fourth-order valence-corrected chi connectivity index (χ4v) is 4.49. The summed E-state index contributed by atoms with van der Waals surface area (Å²) < 4.78 is 6.65. The quantitative estimate of drug-likeness (QED) is 0.597. The third-order valence-corrected chi connectivity index (χ3v) is 6.43. The molecule has 1 aliphatic rings. The lowest BCUT2D eigenvalue weighted by molar-refractivity contribution is 0.0686. The number of nitrogens with one attached hydrogen (secondary N) is 1. The first-order chi connectivity index (χ1) is 16.0. The van der Waals surface area contributed by atoms with Gasteiger partial charge < -0.3 is 9.64 Å². The van der Waals surface area contributed by atoms with Crippen molar-refractivity contribution in [2.24, 2.45) is 5.92 Å². The summed E-state index contributed by atoms with van der Waals surface area (Å²) in [6.45, 7) is 3.78. The number of fused-ring (bicyclic) bond motifs is 1. The van der Waals surface area contributed by atoms with Crippen molar-refractivity contribution in [3.63, 3.8) is 0 Å². The van der Waals surface area contributed by atoms with Gasteiger partial charge in [-0.1, -0.05) is 19.1 Å². The molecule has 33 heavy (non-hydrogen) atoms. The van der Waals surface area contributed by atoms with Crippen LogP contribution in [0.2, 0.25) is 0 Å². The second kappa shape index (κ2) is 10.0. The number of aromatic amines is 1. The van der Waals surface area contributed by atoms with E-state index in [2.05, 4.69) is 22.1 Å². The Kier molecular flexibility index (Phi) is 6.91. The number of benzene rings is 1. The molecule has 0 atom stereocenters. The Labute approximate surface area is 192 Å². The van der Waals surface area contributed by atoms with E-state index in [0.29, 0.717) is 36.8 Å². The zero-order chi connectivity index (χ0) is 23.4. The number of methoxy groups -OCH3 is 1. The fraction of sp³-hybridized carbons (Fsp3) is 0.440. The molecule has 1 N–H and O–H groups in total. The van der Waals surface area contributed by atoms with E-state index >= 15 is 0 Å². The van der Waals surface area contributed by atoms with Gasteiger partial charge in [0.05, 0.1) is 18.1 Å². The average Bonchev–Trinajstić information content (AvgIpc) is 2.85. The molecule has 1 aliphatic heterocycles. The van der Waals surface area contributed by atoms with E-state index in [1.54, 1.807) is 13.2 Å². The topological polar surface area (TPSA) is 97.3 Å². The smallest absolute Gasteiger partial charge is 0.329 e. The van der Waals surface area contributed by atoms with Gasteiger partial charge in [0, 0.05) is 25.8 Å². The largest absolute Gasteiger partial charge is 0.497 e. The molecule has 3 heterocycles. The summed E-state index contributed by atoms with van der Waals surface area (Å²) >= 11 is 0. The maximum Gasteiger partial charge on any atom is 0.329 e. The minimum absolute atomic E-state index is 0.120. The van der Waals surface area contributed by atoms with Crippen molar-refractivity contribution in [3.8, 4) is 5.75 Å². The number of ether oxygens (including phenoxy) is 1. The Morgan fingerprint density at radius 1 is 1.18 bits per heavy atom. The van der Waals surface area contributed by atoms with Gasteiger partial charge in [0.25, 0.3) is 11.5 Å². The Morgan fingerprint density at radius 3 is 2.58 bits per heavy atom. The standard InChI is InChI=1S/C25H30N4O4/c1-3-12-29-22-21(23(30)27-25(29)32)15-19(16-26-22)24(31)28-13-10-18(11-14-28)5-4-17-6-8-20(33-2)9-7-17/h6-9,15-16,18H,3-5,10-14H2,1-2H3,(H,27,30,32). The van der Waals surface area contributed by atoms with Gasteiger partial charge in [-0.3, -0.25) is 19.1 Å². The zero-order valence-corrected chi connectivity index (χ0v) is 19.2. The monoisotopic (exact) mass is 450 g/mol. The highest BCUT2D eigenvalue weighted by Crippen LogP contribution is 2.24. The summed E-state index contributed by atoms with van der Waals surface area (Å²) in [6.07, 6.45) is 6.23. The number of hydrogen-bond donors (Lipinski definition) is 1. The van der Waals surface area contributed by atoms with E-state index in [0.717, 1.165) is 37.9 Å². The molecule has 8 heteroatoms. The molecule has 0 saturated carbocycles. The van der Waals surface area contributed by atoms with Gasteiger partial charge in [-0.05, 0) is 61.8 Å². The normalized spacial score (nSPS) is 14.5. The third-order valence-electron chi connectivity index (χ3n) is 6.43. The molecule has 8 nitrogen and oxygen atoms in total. The van der Waals surface area contributed by atoms with E-state index in [4.69, 9.17) is 4.74 Å². The van der Waals surface area contributed by atoms with Crippen LogP contribution >= 0.6 is 0 Å². The van der Waals surface area contributed by atoms with E-state index < -0.39 is 11.2 Å². The molecule has 1 amide bonds. The fourth-order valence-electron chi connectivity index (χ4n) is 4.49. The molecule has 4 rings (SSSR count). The second-order valence-electron chi connectivity index (χ2n) is 8.63. The molecular formula is C25H30N4O4. The van der Waals surface area contributed by atoms with Crippen LogP contribution in [0.1, 0.15) is 48.5 Å². The van der Waals surface area contributed by atoms with Crippen molar-refractivity contribution < 1.29 is 9.53 Å². The minimum Gasteiger partial charge on any atom is -0.497 e. The van der Waals surface area contributed by atoms with Gasteiger partial charge in [-0.25, -0.2) is 9.78 Å². The van der Waals surface area contributed by atoms with Crippen LogP contribution in [0.5, 0.6) is 5.75 Å². The number of aryl methyl sites for hydroxylation is 2. The van der Waals surface area contributed by atoms with E-state index in [1.807, 2.05) is 24.0 Å². The SMILES string of the molecule is CCCn1c(=O)[nH]c(=O)c2cc(C(=O)N3CCC(CCc4ccc(OC)cc4)CC3)cnc21. The van der Waals surface area contributed by atoms with Crippen molar-refractivity contribution in [1.82, 2.24) is 19.4 Å². The van der Waals surface area contributed by atoms with Crippen LogP contribution in [-0.4, -0.2) is 45.5 Å². The van der Waals surface area contributed by atoms with Gasteiger partial charge in [0.1, 0.15) is 11.4 Å². The Hall–Kier alpha value is -3.42. The number of nitrogens with zero attached hydrogens (tertiary/aromatic N) is 3. The highest BCUT2D eigenvalue weighted by molar-refractivity contribution is 5.96. The molecule has 174 valence electrons. The molecule has 2 aromatic heterocycles. The number of hydrogen-bond acceptors (Lipinski definition) is 5. The molecule has 1 aromatic carbocycles. The van der Waals surface area contributed by atoms with Crippen molar-refractivity contribution in [1.29, 1.82) is 0 Å². The van der Waals surface area contributed by atoms with Gasteiger partial charge in [-0.2, -0.15) is 0 Å². The molecule has 0 spiro atoms. The van der Waals surface area contributed by atoms with Crippen molar-refractivity contribution >= 4 is 16.9 Å². The van der Waals surface area contributed by atoms with E-state index in [1.165, 1.54) is 16.3 Å². The van der Waals surface area contributed by atoms with Crippen LogP contribution in [0.15, 0.2) is 46.1 Å². The number of pyridine rings is 1. The summed E-state index contributed by atoms with van der Waals surface area (Å²) in [5.41, 5.74) is 1.01. The number of likely N-dealkylation sites (tertiary alicyclic amines) is 1. The summed E-state index contributed by atoms with van der Waals surface area (Å²) in [7, 11) is 1.67. The third kappa shape index (κ3) is 4.99. The minimum atomic E-state index is -0.512. The van der Waals surface area contributed by atoms with Crippen LogP contribution in [-0.2, 0) is 13.0 Å². The average molecular weight is 451 g/mol. The first kappa shape index (κ1) is 22.8. The number of rotatable bonds is 7. The molecule has 0 radical (unpaired) electrons.